The van der Waals surface area contributed by atoms with Gasteiger partial charge < -0.3 is 10.1 Å². The molecule has 24 heavy (non-hydrogen) atoms. The summed E-state index contributed by atoms with van der Waals surface area (Å²) < 4.78 is 5.98. The van der Waals surface area contributed by atoms with Crippen LogP contribution in [0.3, 0.4) is 0 Å². The van der Waals surface area contributed by atoms with E-state index < -0.39 is 0 Å². The molecule has 5 rings (SSSR count). The van der Waals surface area contributed by atoms with E-state index in [1.165, 1.54) is 19.3 Å². The number of amides is 1. The number of rotatable bonds is 3. The molecule has 130 valence electrons. The monoisotopic (exact) mass is 330 g/mol. The Labute approximate surface area is 142 Å². The second kappa shape index (κ2) is 5.85. The second-order valence-corrected chi connectivity index (χ2v) is 7.76. The van der Waals surface area contributed by atoms with Crippen molar-refractivity contribution in [2.45, 2.75) is 63.1 Å². The number of aromatic amines is 1. The minimum atomic E-state index is 0.00626. The highest BCUT2D eigenvalue weighted by Crippen LogP contribution is 2.42. The number of aryl methyl sites for hydroxylation is 1. The fraction of sp³-hybridized carbons (Fsp3) is 0.778. The van der Waals surface area contributed by atoms with Gasteiger partial charge >= 0.3 is 0 Å². The normalized spacial score (nSPS) is 35.3. The fourth-order valence-electron chi connectivity index (χ4n) is 5.25. The zero-order valence-electron chi connectivity index (χ0n) is 14.1. The highest BCUT2D eigenvalue weighted by atomic mass is 16.5. The number of carbonyl (C=O) groups is 1. The summed E-state index contributed by atoms with van der Waals surface area (Å²) in [6, 6.07) is 0.575. The van der Waals surface area contributed by atoms with Crippen LogP contribution in [-0.4, -0.2) is 58.9 Å². The van der Waals surface area contributed by atoms with Crippen molar-refractivity contribution in [3.63, 3.8) is 0 Å². The van der Waals surface area contributed by atoms with E-state index >= 15 is 0 Å². The SMILES string of the molecule is O=C(N[C@@H]1[C@@H]2CCO[C@@H]2[C@H]1N1CCCCC1)c1n[nH]c2c1CCC2. The summed E-state index contributed by atoms with van der Waals surface area (Å²) in [5.41, 5.74) is 2.92. The molecule has 3 fully saturated rings. The van der Waals surface area contributed by atoms with Crippen molar-refractivity contribution in [1.82, 2.24) is 20.4 Å². The van der Waals surface area contributed by atoms with Crippen molar-refractivity contribution in [2.75, 3.05) is 19.7 Å². The van der Waals surface area contributed by atoms with Gasteiger partial charge in [-0.3, -0.25) is 14.8 Å². The van der Waals surface area contributed by atoms with Gasteiger partial charge in [0.15, 0.2) is 5.69 Å². The highest BCUT2D eigenvalue weighted by molar-refractivity contribution is 5.94. The Morgan fingerprint density at radius 3 is 2.96 bits per heavy atom. The maximum Gasteiger partial charge on any atom is 0.272 e. The molecule has 6 nitrogen and oxygen atoms in total. The number of ether oxygens (including phenoxy) is 1. The van der Waals surface area contributed by atoms with Gasteiger partial charge in [-0.05, 0) is 51.6 Å². The number of carbonyl (C=O) groups excluding carboxylic acids is 1. The number of piperidine rings is 1. The minimum Gasteiger partial charge on any atom is -0.376 e. The molecule has 3 heterocycles. The standard InChI is InChI=1S/C18H26N4O2/c23-18(15-11-5-4-6-13(11)20-21-15)19-14-12-7-10-24-17(12)16(14)22-8-2-1-3-9-22/h12,14,16-17H,1-10H2,(H,19,23)(H,20,21)/t12-,14+,16-,17-/m0/s1. The van der Waals surface area contributed by atoms with E-state index in [0.29, 0.717) is 23.8 Å². The average molecular weight is 330 g/mol. The van der Waals surface area contributed by atoms with Crippen molar-refractivity contribution in [3.05, 3.63) is 17.0 Å². The van der Waals surface area contributed by atoms with E-state index in [0.717, 1.165) is 56.6 Å². The Kier molecular flexibility index (Phi) is 3.63. The van der Waals surface area contributed by atoms with Crippen molar-refractivity contribution in [2.24, 2.45) is 5.92 Å². The van der Waals surface area contributed by atoms with Crippen molar-refractivity contribution in [3.8, 4) is 0 Å². The number of hydrogen-bond acceptors (Lipinski definition) is 4. The molecule has 4 aliphatic rings. The fourth-order valence-corrected chi connectivity index (χ4v) is 5.25. The number of hydrogen-bond donors (Lipinski definition) is 2. The first-order valence-electron chi connectivity index (χ1n) is 9.55. The Bertz CT molecular complexity index is 637. The molecule has 0 radical (unpaired) electrons. The molecule has 0 bridgehead atoms. The smallest absolute Gasteiger partial charge is 0.272 e. The van der Waals surface area contributed by atoms with Crippen molar-refractivity contribution in [1.29, 1.82) is 0 Å². The summed E-state index contributed by atoms with van der Waals surface area (Å²) in [5.74, 6) is 0.486. The van der Waals surface area contributed by atoms with Crippen LogP contribution in [0.2, 0.25) is 0 Å². The molecule has 1 aromatic rings. The maximum absolute atomic E-state index is 12.8. The lowest BCUT2D eigenvalue weighted by atomic mass is 9.70. The molecule has 2 aliphatic heterocycles. The summed E-state index contributed by atoms with van der Waals surface area (Å²) in [4.78, 5) is 15.4. The van der Waals surface area contributed by atoms with E-state index in [4.69, 9.17) is 4.74 Å². The van der Waals surface area contributed by atoms with E-state index in [2.05, 4.69) is 20.4 Å². The molecule has 2 saturated heterocycles. The average Bonchev–Trinajstić information content (AvgIpc) is 3.29. The van der Waals surface area contributed by atoms with Gasteiger partial charge in [-0.2, -0.15) is 5.10 Å². The Morgan fingerprint density at radius 1 is 1.21 bits per heavy atom. The Hall–Kier alpha value is -1.40. The number of nitrogens with zero attached hydrogens (tertiary/aromatic N) is 2. The molecule has 4 atom stereocenters. The Balaban J connectivity index is 1.33. The lowest BCUT2D eigenvalue weighted by Crippen LogP contribution is -2.71. The molecule has 1 saturated carbocycles. The van der Waals surface area contributed by atoms with Gasteiger partial charge in [-0.15, -0.1) is 0 Å². The first-order chi connectivity index (χ1) is 11.8. The second-order valence-electron chi connectivity index (χ2n) is 7.76. The molecule has 1 amide bonds. The van der Waals surface area contributed by atoms with Gasteiger partial charge in [-0.1, -0.05) is 6.42 Å². The van der Waals surface area contributed by atoms with Gasteiger partial charge in [0.2, 0.25) is 0 Å². The summed E-state index contributed by atoms with van der Waals surface area (Å²) in [7, 11) is 0. The van der Waals surface area contributed by atoms with Gasteiger partial charge in [0.25, 0.3) is 5.91 Å². The predicted molar refractivity (Wildman–Crippen MR) is 88.9 cm³/mol. The van der Waals surface area contributed by atoms with Crippen LogP contribution in [0, 0.1) is 5.92 Å². The third-order valence-electron chi connectivity index (χ3n) is 6.48. The van der Waals surface area contributed by atoms with Gasteiger partial charge in [0.1, 0.15) is 0 Å². The maximum atomic E-state index is 12.8. The molecule has 0 unspecified atom stereocenters. The van der Waals surface area contributed by atoms with Gasteiger partial charge in [0, 0.05) is 23.8 Å². The van der Waals surface area contributed by atoms with Crippen molar-refractivity contribution >= 4 is 5.91 Å². The number of likely N-dealkylation sites (tertiary alicyclic amines) is 1. The predicted octanol–water partition coefficient (Wildman–Crippen LogP) is 1.27. The first kappa shape index (κ1) is 14.9. The molecule has 0 aromatic carbocycles. The third-order valence-corrected chi connectivity index (χ3v) is 6.48. The lowest BCUT2D eigenvalue weighted by Gasteiger charge is -2.53. The summed E-state index contributed by atoms with van der Waals surface area (Å²) in [6.07, 6.45) is 8.37. The number of aromatic nitrogens is 2. The van der Waals surface area contributed by atoms with Crippen molar-refractivity contribution < 1.29 is 9.53 Å². The zero-order valence-corrected chi connectivity index (χ0v) is 14.1. The van der Waals surface area contributed by atoms with Crippen LogP contribution in [0.4, 0.5) is 0 Å². The lowest BCUT2D eigenvalue weighted by molar-refractivity contribution is -0.0862. The molecular weight excluding hydrogens is 304 g/mol. The van der Waals surface area contributed by atoms with Crippen LogP contribution in [0.1, 0.15) is 53.8 Å². The number of fused-ring (bicyclic) bond motifs is 2. The van der Waals surface area contributed by atoms with Crippen LogP contribution in [0.15, 0.2) is 0 Å². The topological polar surface area (TPSA) is 70.2 Å². The van der Waals surface area contributed by atoms with Crippen LogP contribution in [0.5, 0.6) is 0 Å². The highest BCUT2D eigenvalue weighted by Gasteiger charge is 2.56. The molecule has 2 N–H and O–H groups in total. The van der Waals surface area contributed by atoms with Crippen LogP contribution in [-0.2, 0) is 17.6 Å². The molecule has 6 heteroatoms. The largest absolute Gasteiger partial charge is 0.376 e. The van der Waals surface area contributed by atoms with E-state index in [-0.39, 0.29) is 11.9 Å². The van der Waals surface area contributed by atoms with Gasteiger partial charge in [0.05, 0.1) is 18.2 Å². The minimum absolute atomic E-state index is 0.00626. The first-order valence-corrected chi connectivity index (χ1v) is 9.55. The third kappa shape index (κ3) is 2.23. The quantitative estimate of drug-likeness (QED) is 0.876. The summed E-state index contributed by atoms with van der Waals surface area (Å²) >= 11 is 0. The molecule has 0 spiro atoms. The van der Waals surface area contributed by atoms with Gasteiger partial charge in [-0.25, -0.2) is 0 Å². The summed E-state index contributed by atoms with van der Waals surface area (Å²) in [5, 5.41) is 10.7. The van der Waals surface area contributed by atoms with E-state index in [1.807, 2.05) is 0 Å². The molecule has 1 aromatic heterocycles. The van der Waals surface area contributed by atoms with Crippen LogP contribution in [0.25, 0.3) is 0 Å². The van der Waals surface area contributed by atoms with Crippen LogP contribution >= 0.6 is 0 Å². The molecular formula is C18H26N4O2. The number of H-pyrrole nitrogens is 1. The van der Waals surface area contributed by atoms with E-state index in [9.17, 15) is 4.79 Å². The number of nitrogens with one attached hydrogen (secondary N) is 2. The Morgan fingerprint density at radius 2 is 2.08 bits per heavy atom. The zero-order chi connectivity index (χ0) is 16.1. The van der Waals surface area contributed by atoms with E-state index in [1.54, 1.807) is 0 Å². The molecule has 2 aliphatic carbocycles. The summed E-state index contributed by atoms with van der Waals surface area (Å²) in [6.45, 7) is 3.12. The van der Waals surface area contributed by atoms with Crippen LogP contribution < -0.4 is 5.32 Å².